The molecule has 2 fully saturated rings. The van der Waals surface area contributed by atoms with E-state index in [1.165, 1.54) is 12.8 Å². The van der Waals surface area contributed by atoms with E-state index in [1.54, 1.807) is 6.20 Å². The zero-order valence-corrected chi connectivity index (χ0v) is 9.97. The molecule has 3 rings (SSSR count). The molecule has 1 saturated carbocycles. The molecular formula is C13H19N3O. The minimum atomic E-state index is 0.128. The topological polar surface area (TPSA) is 62.4 Å². The first kappa shape index (κ1) is 10.8. The van der Waals surface area contributed by atoms with Crippen LogP contribution in [0.15, 0.2) is 18.3 Å². The van der Waals surface area contributed by atoms with Crippen LogP contribution in [-0.4, -0.2) is 29.8 Å². The van der Waals surface area contributed by atoms with Crippen LogP contribution >= 0.6 is 0 Å². The molecule has 1 aliphatic carbocycles. The summed E-state index contributed by atoms with van der Waals surface area (Å²) >= 11 is 0. The molecule has 0 bridgehead atoms. The third-order valence-corrected chi connectivity index (χ3v) is 4.45. The van der Waals surface area contributed by atoms with Crippen LogP contribution < -0.4 is 10.6 Å². The van der Waals surface area contributed by atoms with E-state index in [-0.39, 0.29) is 5.41 Å². The molecule has 2 atom stereocenters. The summed E-state index contributed by atoms with van der Waals surface area (Å²) in [6.45, 7) is 2.27. The van der Waals surface area contributed by atoms with Gasteiger partial charge in [-0.25, -0.2) is 4.98 Å². The van der Waals surface area contributed by atoms with Gasteiger partial charge in [0.25, 0.3) is 0 Å². The summed E-state index contributed by atoms with van der Waals surface area (Å²) in [5, 5.41) is 9.67. The minimum Gasteiger partial charge on any atom is -0.397 e. The third kappa shape index (κ3) is 1.67. The first-order valence-corrected chi connectivity index (χ1v) is 6.31. The van der Waals surface area contributed by atoms with Gasteiger partial charge in [-0.2, -0.15) is 0 Å². The van der Waals surface area contributed by atoms with Crippen molar-refractivity contribution in [2.75, 3.05) is 30.3 Å². The Morgan fingerprint density at radius 1 is 1.53 bits per heavy atom. The molecule has 0 radical (unpaired) electrons. The standard InChI is InChI=1S/C13H19N3O/c14-11-3-4-12(15-6-11)16-7-10-2-1-5-13(10,8-16)9-17/h3-4,6,10,17H,1-2,5,7-9,14H2/t10-,13-/m1/s1. The van der Waals surface area contributed by atoms with E-state index < -0.39 is 0 Å². The Bertz CT molecular complexity index is 406. The van der Waals surface area contributed by atoms with Crippen molar-refractivity contribution in [3.8, 4) is 0 Å². The highest BCUT2D eigenvalue weighted by atomic mass is 16.3. The van der Waals surface area contributed by atoms with Gasteiger partial charge in [-0.15, -0.1) is 0 Å². The van der Waals surface area contributed by atoms with Crippen LogP contribution in [0.5, 0.6) is 0 Å². The lowest BCUT2D eigenvalue weighted by Crippen LogP contribution is -2.31. The van der Waals surface area contributed by atoms with Gasteiger partial charge in [0, 0.05) is 18.5 Å². The summed E-state index contributed by atoms with van der Waals surface area (Å²) in [6, 6.07) is 3.86. The predicted octanol–water partition coefficient (Wildman–Crippen LogP) is 1.26. The van der Waals surface area contributed by atoms with E-state index in [0.29, 0.717) is 18.2 Å². The van der Waals surface area contributed by atoms with E-state index in [1.807, 2.05) is 12.1 Å². The second-order valence-corrected chi connectivity index (χ2v) is 5.44. The van der Waals surface area contributed by atoms with Gasteiger partial charge >= 0.3 is 0 Å². The zero-order chi connectivity index (χ0) is 11.9. The molecule has 2 aliphatic rings. The van der Waals surface area contributed by atoms with Crippen molar-refractivity contribution >= 4 is 11.5 Å². The van der Waals surface area contributed by atoms with Crippen LogP contribution in [0.2, 0.25) is 0 Å². The monoisotopic (exact) mass is 233 g/mol. The number of nitrogens with two attached hydrogens (primary N) is 1. The smallest absolute Gasteiger partial charge is 0.128 e. The van der Waals surface area contributed by atoms with Crippen LogP contribution in [0.1, 0.15) is 19.3 Å². The van der Waals surface area contributed by atoms with Crippen LogP contribution in [-0.2, 0) is 0 Å². The number of aliphatic hydroxyl groups is 1. The second-order valence-electron chi connectivity index (χ2n) is 5.44. The van der Waals surface area contributed by atoms with Crippen LogP contribution in [0.3, 0.4) is 0 Å². The maximum atomic E-state index is 9.67. The van der Waals surface area contributed by atoms with Gasteiger partial charge in [0.15, 0.2) is 0 Å². The number of hydrogen-bond donors (Lipinski definition) is 2. The van der Waals surface area contributed by atoms with Crippen LogP contribution in [0.4, 0.5) is 11.5 Å². The largest absolute Gasteiger partial charge is 0.397 e. The Morgan fingerprint density at radius 2 is 2.41 bits per heavy atom. The van der Waals surface area contributed by atoms with Crippen molar-refractivity contribution < 1.29 is 5.11 Å². The van der Waals surface area contributed by atoms with E-state index in [0.717, 1.165) is 25.3 Å². The summed E-state index contributed by atoms with van der Waals surface area (Å²) in [6.07, 6.45) is 5.36. The number of fused-ring (bicyclic) bond motifs is 1. The van der Waals surface area contributed by atoms with Crippen LogP contribution in [0.25, 0.3) is 0 Å². The Kier molecular flexibility index (Phi) is 2.47. The maximum absolute atomic E-state index is 9.67. The molecule has 1 aliphatic heterocycles. The number of hydrogen-bond acceptors (Lipinski definition) is 4. The van der Waals surface area contributed by atoms with Crippen LogP contribution in [0, 0.1) is 11.3 Å². The fraction of sp³-hybridized carbons (Fsp3) is 0.615. The van der Waals surface area contributed by atoms with Crippen molar-refractivity contribution in [3.05, 3.63) is 18.3 Å². The number of aliphatic hydroxyl groups excluding tert-OH is 1. The molecule has 1 aromatic rings. The van der Waals surface area contributed by atoms with Crippen molar-refractivity contribution in [1.82, 2.24) is 4.98 Å². The van der Waals surface area contributed by atoms with Gasteiger partial charge in [-0.3, -0.25) is 0 Å². The number of nitrogen functional groups attached to an aromatic ring is 1. The fourth-order valence-electron chi connectivity index (χ4n) is 3.43. The number of nitrogens with zero attached hydrogens (tertiary/aromatic N) is 2. The SMILES string of the molecule is Nc1ccc(N2C[C@H]3CCC[C@]3(CO)C2)nc1. The zero-order valence-electron chi connectivity index (χ0n) is 9.97. The van der Waals surface area contributed by atoms with Crippen molar-refractivity contribution in [1.29, 1.82) is 0 Å². The lowest BCUT2D eigenvalue weighted by molar-refractivity contribution is 0.121. The molecule has 92 valence electrons. The molecule has 2 heterocycles. The minimum absolute atomic E-state index is 0.128. The highest BCUT2D eigenvalue weighted by Crippen LogP contribution is 2.48. The lowest BCUT2D eigenvalue weighted by atomic mass is 9.82. The molecule has 3 N–H and O–H groups in total. The van der Waals surface area contributed by atoms with Gasteiger partial charge in [0.1, 0.15) is 5.82 Å². The normalized spacial score (nSPS) is 31.8. The molecule has 0 unspecified atom stereocenters. The molecule has 1 aromatic heterocycles. The van der Waals surface area contributed by atoms with Gasteiger partial charge in [0.05, 0.1) is 18.5 Å². The molecule has 4 heteroatoms. The Labute approximate surface area is 101 Å². The first-order chi connectivity index (χ1) is 8.23. The average molecular weight is 233 g/mol. The van der Waals surface area contributed by atoms with Gasteiger partial charge in [0.2, 0.25) is 0 Å². The van der Waals surface area contributed by atoms with Crippen molar-refractivity contribution in [2.45, 2.75) is 19.3 Å². The number of anilines is 2. The fourth-order valence-corrected chi connectivity index (χ4v) is 3.43. The molecule has 4 nitrogen and oxygen atoms in total. The molecule has 0 aromatic carbocycles. The molecule has 0 spiro atoms. The Balaban J connectivity index is 1.82. The number of aromatic nitrogens is 1. The summed E-state index contributed by atoms with van der Waals surface area (Å²) in [7, 11) is 0. The molecule has 17 heavy (non-hydrogen) atoms. The van der Waals surface area contributed by atoms with E-state index in [2.05, 4.69) is 9.88 Å². The van der Waals surface area contributed by atoms with Gasteiger partial charge in [-0.05, 0) is 30.9 Å². The molecular weight excluding hydrogens is 214 g/mol. The highest BCUT2D eigenvalue weighted by molar-refractivity contribution is 5.47. The highest BCUT2D eigenvalue weighted by Gasteiger charge is 2.49. The molecule has 0 amide bonds. The van der Waals surface area contributed by atoms with E-state index in [9.17, 15) is 5.11 Å². The first-order valence-electron chi connectivity index (χ1n) is 6.31. The van der Waals surface area contributed by atoms with Crippen molar-refractivity contribution in [3.63, 3.8) is 0 Å². The van der Waals surface area contributed by atoms with Crippen molar-refractivity contribution in [2.24, 2.45) is 11.3 Å². The van der Waals surface area contributed by atoms with E-state index >= 15 is 0 Å². The second kappa shape index (κ2) is 3.88. The maximum Gasteiger partial charge on any atom is 0.128 e. The van der Waals surface area contributed by atoms with Gasteiger partial charge < -0.3 is 15.7 Å². The van der Waals surface area contributed by atoms with E-state index in [4.69, 9.17) is 5.73 Å². The summed E-state index contributed by atoms with van der Waals surface area (Å²) in [5.41, 5.74) is 6.48. The number of pyridine rings is 1. The summed E-state index contributed by atoms with van der Waals surface area (Å²) in [5.74, 6) is 1.62. The third-order valence-electron chi connectivity index (χ3n) is 4.45. The summed E-state index contributed by atoms with van der Waals surface area (Å²) < 4.78 is 0. The number of rotatable bonds is 2. The van der Waals surface area contributed by atoms with Gasteiger partial charge in [-0.1, -0.05) is 6.42 Å². The Hall–Kier alpha value is -1.29. The predicted molar refractivity (Wildman–Crippen MR) is 67.7 cm³/mol. The Morgan fingerprint density at radius 3 is 3.06 bits per heavy atom. The summed E-state index contributed by atoms with van der Waals surface area (Å²) in [4.78, 5) is 6.66. The quantitative estimate of drug-likeness (QED) is 0.807. The average Bonchev–Trinajstić information content (AvgIpc) is 2.86. The lowest BCUT2D eigenvalue weighted by Gasteiger charge is -2.26. The molecule has 1 saturated heterocycles.